The number of pyridine rings is 1. The number of aromatic amines is 1. The van der Waals surface area contributed by atoms with Gasteiger partial charge in [-0.3, -0.25) is 4.79 Å². The van der Waals surface area contributed by atoms with Crippen LogP contribution in [-0.4, -0.2) is 11.0 Å². The Labute approximate surface area is 77.0 Å². The first-order valence-corrected chi connectivity index (χ1v) is 4.70. The molecular formula is C10H14N2O. The van der Waals surface area contributed by atoms with E-state index in [1.807, 2.05) is 12.3 Å². The van der Waals surface area contributed by atoms with Crippen LogP contribution in [0.4, 0.5) is 0 Å². The second kappa shape index (κ2) is 3.34. The van der Waals surface area contributed by atoms with E-state index >= 15 is 0 Å². The van der Waals surface area contributed by atoms with Crippen LogP contribution in [-0.2, 0) is 0 Å². The zero-order chi connectivity index (χ0) is 9.26. The van der Waals surface area contributed by atoms with Crippen LogP contribution >= 0.6 is 0 Å². The maximum Gasteiger partial charge on any atom is 0.247 e. The van der Waals surface area contributed by atoms with Crippen molar-refractivity contribution in [1.29, 1.82) is 0 Å². The first-order chi connectivity index (χ1) is 6.25. The molecule has 0 bridgehead atoms. The van der Waals surface area contributed by atoms with Crippen molar-refractivity contribution >= 4 is 0 Å². The highest BCUT2D eigenvalue weighted by molar-refractivity contribution is 5.16. The molecule has 1 aromatic heterocycles. The molecule has 3 heteroatoms. The molecule has 0 radical (unpaired) electrons. The van der Waals surface area contributed by atoms with Crippen molar-refractivity contribution in [2.75, 3.05) is 0 Å². The molecule has 1 aliphatic rings. The summed E-state index contributed by atoms with van der Waals surface area (Å²) in [6, 6.07) is 3.83. The van der Waals surface area contributed by atoms with E-state index in [2.05, 4.69) is 4.98 Å². The van der Waals surface area contributed by atoms with E-state index in [4.69, 9.17) is 5.73 Å². The van der Waals surface area contributed by atoms with Crippen LogP contribution in [0.3, 0.4) is 0 Å². The fourth-order valence-corrected chi connectivity index (χ4v) is 2.00. The normalized spacial score (nSPS) is 27.8. The van der Waals surface area contributed by atoms with E-state index in [0.29, 0.717) is 12.0 Å². The lowest BCUT2D eigenvalue weighted by atomic mass is 9.99. The van der Waals surface area contributed by atoms with Gasteiger partial charge in [0.05, 0.1) is 0 Å². The van der Waals surface area contributed by atoms with E-state index in [1.165, 1.54) is 5.56 Å². The van der Waals surface area contributed by atoms with Gasteiger partial charge in [0.15, 0.2) is 0 Å². The fourth-order valence-electron chi connectivity index (χ4n) is 2.00. The Balaban J connectivity index is 2.17. The number of nitrogens with two attached hydrogens (primary N) is 1. The molecule has 0 spiro atoms. The summed E-state index contributed by atoms with van der Waals surface area (Å²) >= 11 is 0. The third kappa shape index (κ3) is 1.80. The van der Waals surface area contributed by atoms with Gasteiger partial charge in [-0.25, -0.2) is 0 Å². The summed E-state index contributed by atoms with van der Waals surface area (Å²) in [7, 11) is 0. The molecule has 1 aliphatic carbocycles. The van der Waals surface area contributed by atoms with Crippen LogP contribution in [0.2, 0.25) is 0 Å². The summed E-state index contributed by atoms with van der Waals surface area (Å²) in [5, 5.41) is 0. The molecule has 70 valence electrons. The van der Waals surface area contributed by atoms with Gasteiger partial charge in [0, 0.05) is 18.3 Å². The van der Waals surface area contributed by atoms with Crippen LogP contribution in [0.25, 0.3) is 0 Å². The summed E-state index contributed by atoms with van der Waals surface area (Å²) < 4.78 is 0. The van der Waals surface area contributed by atoms with Gasteiger partial charge in [0.1, 0.15) is 0 Å². The highest BCUT2D eigenvalue weighted by atomic mass is 16.1. The molecule has 2 rings (SSSR count). The number of hydrogen-bond donors (Lipinski definition) is 2. The second-order valence-corrected chi connectivity index (χ2v) is 3.76. The quantitative estimate of drug-likeness (QED) is 0.673. The van der Waals surface area contributed by atoms with Gasteiger partial charge in [-0.05, 0) is 30.7 Å². The molecule has 3 N–H and O–H groups in total. The molecule has 2 unspecified atom stereocenters. The van der Waals surface area contributed by atoms with Crippen molar-refractivity contribution in [3.8, 4) is 0 Å². The third-order valence-corrected chi connectivity index (χ3v) is 2.75. The molecule has 0 aromatic carbocycles. The first kappa shape index (κ1) is 8.51. The number of aromatic nitrogens is 1. The van der Waals surface area contributed by atoms with E-state index in [1.54, 1.807) is 6.07 Å². The lowest BCUT2D eigenvalue weighted by molar-refractivity contribution is 0.673. The van der Waals surface area contributed by atoms with Gasteiger partial charge >= 0.3 is 0 Å². The number of hydrogen-bond acceptors (Lipinski definition) is 2. The first-order valence-electron chi connectivity index (χ1n) is 4.70. The summed E-state index contributed by atoms with van der Waals surface area (Å²) in [4.78, 5) is 13.5. The van der Waals surface area contributed by atoms with Crippen molar-refractivity contribution in [1.82, 2.24) is 4.98 Å². The second-order valence-electron chi connectivity index (χ2n) is 3.76. The Morgan fingerprint density at radius 1 is 1.38 bits per heavy atom. The van der Waals surface area contributed by atoms with E-state index in [-0.39, 0.29) is 5.56 Å². The molecule has 3 nitrogen and oxygen atoms in total. The third-order valence-electron chi connectivity index (χ3n) is 2.75. The Bertz CT molecular complexity index is 325. The average molecular weight is 178 g/mol. The van der Waals surface area contributed by atoms with Gasteiger partial charge in [0.25, 0.3) is 0 Å². The largest absolute Gasteiger partial charge is 0.329 e. The van der Waals surface area contributed by atoms with E-state index in [9.17, 15) is 4.79 Å². The molecule has 1 aromatic rings. The predicted octanol–water partition coefficient (Wildman–Crippen LogP) is 0.970. The number of rotatable bonds is 1. The molecular weight excluding hydrogens is 164 g/mol. The Morgan fingerprint density at radius 3 is 2.77 bits per heavy atom. The molecule has 13 heavy (non-hydrogen) atoms. The zero-order valence-corrected chi connectivity index (χ0v) is 7.49. The van der Waals surface area contributed by atoms with Gasteiger partial charge < -0.3 is 10.7 Å². The Morgan fingerprint density at radius 2 is 2.23 bits per heavy atom. The molecule has 0 aliphatic heterocycles. The van der Waals surface area contributed by atoms with Crippen LogP contribution in [0.1, 0.15) is 30.7 Å². The maximum absolute atomic E-state index is 10.8. The zero-order valence-electron chi connectivity index (χ0n) is 7.49. The van der Waals surface area contributed by atoms with Crippen molar-refractivity contribution in [2.45, 2.75) is 31.2 Å². The van der Waals surface area contributed by atoms with Crippen molar-refractivity contribution in [3.05, 3.63) is 34.2 Å². The molecule has 1 saturated carbocycles. The minimum atomic E-state index is -0.0361. The fraction of sp³-hybridized carbons (Fsp3) is 0.500. The topological polar surface area (TPSA) is 58.9 Å². The maximum atomic E-state index is 10.8. The smallest absolute Gasteiger partial charge is 0.247 e. The van der Waals surface area contributed by atoms with Crippen LogP contribution in [0.15, 0.2) is 23.1 Å². The minimum Gasteiger partial charge on any atom is -0.329 e. The molecule has 2 atom stereocenters. The Hall–Kier alpha value is -1.09. The van der Waals surface area contributed by atoms with Crippen LogP contribution in [0, 0.1) is 0 Å². The predicted molar refractivity (Wildman–Crippen MR) is 51.6 cm³/mol. The SMILES string of the molecule is NC1CCC(c2ccc(=O)[nH]c2)C1. The monoisotopic (exact) mass is 178 g/mol. The van der Waals surface area contributed by atoms with Gasteiger partial charge in [0.2, 0.25) is 5.56 Å². The highest BCUT2D eigenvalue weighted by Gasteiger charge is 2.22. The average Bonchev–Trinajstić information content (AvgIpc) is 2.53. The summed E-state index contributed by atoms with van der Waals surface area (Å²) in [6.45, 7) is 0. The highest BCUT2D eigenvalue weighted by Crippen LogP contribution is 2.32. The summed E-state index contributed by atoms with van der Waals surface area (Å²) in [5.41, 5.74) is 7.00. The molecule has 1 heterocycles. The van der Waals surface area contributed by atoms with Gasteiger partial charge in [-0.15, -0.1) is 0 Å². The molecule has 0 saturated heterocycles. The standard InChI is InChI=1S/C10H14N2O/c11-9-3-1-7(5-9)8-2-4-10(13)12-6-8/h2,4,6-7,9H,1,3,5,11H2,(H,12,13). The van der Waals surface area contributed by atoms with Crippen molar-refractivity contribution in [3.63, 3.8) is 0 Å². The lowest BCUT2D eigenvalue weighted by Crippen LogP contribution is -2.14. The molecule has 1 fully saturated rings. The van der Waals surface area contributed by atoms with E-state index in [0.717, 1.165) is 19.3 Å². The number of nitrogens with one attached hydrogen (secondary N) is 1. The molecule has 0 amide bonds. The lowest BCUT2D eigenvalue weighted by Gasteiger charge is -2.08. The summed E-state index contributed by atoms with van der Waals surface area (Å²) in [6.07, 6.45) is 5.11. The Kier molecular flexibility index (Phi) is 2.19. The minimum absolute atomic E-state index is 0.0361. The van der Waals surface area contributed by atoms with Gasteiger partial charge in [-0.2, -0.15) is 0 Å². The number of H-pyrrole nitrogens is 1. The van der Waals surface area contributed by atoms with E-state index < -0.39 is 0 Å². The van der Waals surface area contributed by atoms with Crippen LogP contribution in [0.5, 0.6) is 0 Å². The van der Waals surface area contributed by atoms with Gasteiger partial charge in [-0.1, -0.05) is 6.07 Å². The summed E-state index contributed by atoms with van der Waals surface area (Å²) in [5.74, 6) is 0.548. The van der Waals surface area contributed by atoms with Crippen LogP contribution < -0.4 is 11.3 Å². The van der Waals surface area contributed by atoms with Crippen molar-refractivity contribution in [2.24, 2.45) is 5.73 Å². The van der Waals surface area contributed by atoms with Crippen molar-refractivity contribution < 1.29 is 0 Å².